The van der Waals surface area contributed by atoms with Gasteiger partial charge in [0.05, 0.1) is 0 Å². The number of hydrogen-bond donors (Lipinski definition) is 0. The first-order valence-corrected chi connectivity index (χ1v) is 16.9. The third-order valence-corrected chi connectivity index (χ3v) is 10.6. The molecule has 0 aliphatic carbocycles. The molecule has 0 bridgehead atoms. The van der Waals surface area contributed by atoms with Crippen LogP contribution in [0.1, 0.15) is 55.6 Å². The molecule has 0 fully saturated rings. The van der Waals surface area contributed by atoms with E-state index >= 15 is 0 Å². The molecule has 0 heterocycles. The minimum atomic E-state index is 0.904. The molecular formula is C47H40. The number of rotatable bonds is 6. The molecule has 0 amide bonds. The summed E-state index contributed by atoms with van der Waals surface area (Å²) >= 11 is 0. The van der Waals surface area contributed by atoms with Crippen LogP contribution in [-0.2, 0) is 19.3 Å². The fourth-order valence-corrected chi connectivity index (χ4v) is 7.93. The molecule has 228 valence electrons. The maximum absolute atomic E-state index is 2.51. The fourth-order valence-electron chi connectivity index (χ4n) is 7.93. The van der Waals surface area contributed by atoms with Gasteiger partial charge in [0.25, 0.3) is 0 Å². The first-order chi connectivity index (χ1) is 23.0. The van der Waals surface area contributed by atoms with Gasteiger partial charge in [-0.2, -0.15) is 0 Å². The van der Waals surface area contributed by atoms with Gasteiger partial charge in [-0.25, -0.2) is 0 Å². The van der Waals surface area contributed by atoms with E-state index in [1.165, 1.54) is 98.7 Å². The van der Waals surface area contributed by atoms with Crippen molar-refractivity contribution in [2.75, 3.05) is 0 Å². The summed E-state index contributed by atoms with van der Waals surface area (Å²) in [6.45, 7) is 9.06. The summed E-state index contributed by atoms with van der Waals surface area (Å²) < 4.78 is 0. The highest BCUT2D eigenvalue weighted by atomic mass is 14.2. The molecule has 0 spiro atoms. The van der Waals surface area contributed by atoms with Crippen molar-refractivity contribution < 1.29 is 0 Å². The van der Waals surface area contributed by atoms with Crippen LogP contribution in [0, 0.1) is 27.7 Å². The van der Waals surface area contributed by atoms with E-state index in [1.54, 1.807) is 0 Å². The van der Waals surface area contributed by atoms with Gasteiger partial charge in [0.2, 0.25) is 0 Å². The molecule has 47 heavy (non-hydrogen) atoms. The molecule has 0 aromatic heterocycles. The topological polar surface area (TPSA) is 0 Å². The molecule has 0 saturated heterocycles. The number of aryl methyl sites for hydroxylation is 4. The third kappa shape index (κ3) is 5.19. The number of hydrogen-bond acceptors (Lipinski definition) is 0. The normalized spacial score (nSPS) is 11.7. The van der Waals surface area contributed by atoms with Crippen LogP contribution in [0.3, 0.4) is 0 Å². The summed E-state index contributed by atoms with van der Waals surface area (Å²) in [7, 11) is 0. The van der Waals surface area contributed by atoms with Crippen molar-refractivity contribution in [1.82, 2.24) is 0 Å². The van der Waals surface area contributed by atoms with Crippen LogP contribution in [0.15, 0.2) is 133 Å². The molecule has 0 unspecified atom stereocenters. The summed E-state index contributed by atoms with van der Waals surface area (Å²) in [5.74, 6) is 0. The van der Waals surface area contributed by atoms with E-state index in [0.29, 0.717) is 0 Å². The highest BCUT2D eigenvalue weighted by Crippen LogP contribution is 2.35. The van der Waals surface area contributed by atoms with E-state index in [2.05, 4.69) is 161 Å². The predicted molar refractivity (Wildman–Crippen MR) is 203 cm³/mol. The Balaban J connectivity index is 1.26. The van der Waals surface area contributed by atoms with E-state index in [0.717, 1.165) is 19.3 Å². The minimum absolute atomic E-state index is 0.904. The van der Waals surface area contributed by atoms with Gasteiger partial charge in [-0.15, -0.1) is 0 Å². The zero-order valence-corrected chi connectivity index (χ0v) is 27.8. The van der Waals surface area contributed by atoms with Gasteiger partial charge in [-0.05, 0) is 146 Å². The molecule has 0 nitrogen and oxygen atoms in total. The molecular weight excluding hydrogens is 565 g/mol. The average Bonchev–Trinajstić information content (AvgIpc) is 3.11. The summed E-state index contributed by atoms with van der Waals surface area (Å²) in [5, 5.41) is 10.9. The maximum Gasteiger partial charge on any atom is -0.00133 e. The number of fused-ring (bicyclic) bond motifs is 4. The van der Waals surface area contributed by atoms with Crippen LogP contribution in [0.2, 0.25) is 0 Å². The van der Waals surface area contributed by atoms with Crippen LogP contribution >= 0.6 is 0 Å². The Labute approximate surface area is 278 Å². The quantitative estimate of drug-likeness (QED) is 0.177. The lowest BCUT2D eigenvalue weighted by Gasteiger charge is -2.19. The lowest BCUT2D eigenvalue weighted by atomic mass is 9.85. The predicted octanol–water partition coefficient (Wildman–Crippen LogP) is 12.3. The zero-order chi connectivity index (χ0) is 32.1. The summed E-state index contributed by atoms with van der Waals surface area (Å²) in [6.07, 6.45) is 2.74. The average molecular weight is 605 g/mol. The highest BCUT2D eigenvalue weighted by Gasteiger charge is 2.16. The smallest absolute Gasteiger partial charge is 0.00133 e. The van der Waals surface area contributed by atoms with E-state index in [1.807, 2.05) is 0 Å². The van der Waals surface area contributed by atoms with E-state index < -0.39 is 0 Å². The Morgan fingerprint density at radius 2 is 0.574 bits per heavy atom. The molecule has 0 atom stereocenters. The van der Waals surface area contributed by atoms with Crippen LogP contribution < -0.4 is 0 Å². The molecule has 0 aliphatic heterocycles. The molecule has 0 N–H and O–H groups in total. The highest BCUT2D eigenvalue weighted by molar-refractivity contribution is 5.94. The molecule has 8 aromatic carbocycles. The van der Waals surface area contributed by atoms with Crippen molar-refractivity contribution >= 4 is 43.1 Å². The first-order valence-electron chi connectivity index (χ1n) is 16.9. The lowest BCUT2D eigenvalue weighted by Crippen LogP contribution is -2.02. The van der Waals surface area contributed by atoms with Crippen LogP contribution in [-0.4, -0.2) is 0 Å². The van der Waals surface area contributed by atoms with Gasteiger partial charge in [0.15, 0.2) is 0 Å². The molecule has 0 heteroatoms. The standard InChI is InChI=1S/C47H40/c1-30-21-23-34(44-17-9-5-13-40(30)44)25-36-27-39(47-20-12-8-15-42(47)32(36)3)29-37-28-38(46-19-11-7-16-43(46)33(37)4)26-35-24-22-31(2)41-14-6-10-18-45(35)41/h5-24,27-28H,25-26,29H2,1-4H3. The van der Waals surface area contributed by atoms with Gasteiger partial charge in [0.1, 0.15) is 0 Å². The molecule has 8 rings (SSSR count). The third-order valence-electron chi connectivity index (χ3n) is 10.6. The second-order valence-corrected chi connectivity index (χ2v) is 13.4. The molecule has 8 aromatic rings. The Morgan fingerprint density at radius 1 is 0.277 bits per heavy atom. The van der Waals surface area contributed by atoms with E-state index in [-0.39, 0.29) is 0 Å². The van der Waals surface area contributed by atoms with Gasteiger partial charge < -0.3 is 0 Å². The van der Waals surface area contributed by atoms with Gasteiger partial charge in [0, 0.05) is 0 Å². The van der Waals surface area contributed by atoms with Crippen molar-refractivity contribution in [3.63, 3.8) is 0 Å². The molecule has 0 saturated carbocycles. The minimum Gasteiger partial charge on any atom is -0.0616 e. The van der Waals surface area contributed by atoms with E-state index in [4.69, 9.17) is 0 Å². The monoisotopic (exact) mass is 604 g/mol. The Kier molecular flexibility index (Phi) is 7.38. The maximum atomic E-state index is 2.51. The van der Waals surface area contributed by atoms with E-state index in [9.17, 15) is 0 Å². The fraction of sp³-hybridized carbons (Fsp3) is 0.149. The van der Waals surface area contributed by atoms with Crippen LogP contribution in [0.25, 0.3) is 43.1 Å². The lowest BCUT2D eigenvalue weighted by molar-refractivity contribution is 1.12. The van der Waals surface area contributed by atoms with Gasteiger partial charge >= 0.3 is 0 Å². The van der Waals surface area contributed by atoms with Crippen molar-refractivity contribution in [2.24, 2.45) is 0 Å². The Bertz CT molecular complexity index is 2480. The SMILES string of the molecule is Cc1ccc(Cc2cc(Cc3cc(Cc4ccc(C)c5ccccc45)c4ccccc4c3C)c3ccccc3c2C)c2ccccc12. The molecule has 0 aliphatic rings. The van der Waals surface area contributed by atoms with Crippen molar-refractivity contribution in [3.05, 3.63) is 189 Å². The second kappa shape index (κ2) is 11.9. The van der Waals surface area contributed by atoms with Gasteiger partial charge in [-0.1, -0.05) is 133 Å². The second-order valence-electron chi connectivity index (χ2n) is 13.4. The number of benzene rings is 8. The van der Waals surface area contributed by atoms with Crippen LogP contribution in [0.4, 0.5) is 0 Å². The Morgan fingerprint density at radius 3 is 0.979 bits per heavy atom. The van der Waals surface area contributed by atoms with Gasteiger partial charge in [-0.3, -0.25) is 0 Å². The Hall–Kier alpha value is -5.20. The first kappa shape index (κ1) is 29.2. The zero-order valence-electron chi connectivity index (χ0n) is 27.8. The summed E-state index contributed by atoms with van der Waals surface area (Å²) in [6, 6.07) is 50.0. The van der Waals surface area contributed by atoms with Crippen LogP contribution in [0.5, 0.6) is 0 Å². The largest absolute Gasteiger partial charge is 0.0616 e. The summed E-state index contributed by atoms with van der Waals surface area (Å²) in [5.41, 5.74) is 13.9. The molecule has 0 radical (unpaired) electrons. The van der Waals surface area contributed by atoms with Crippen molar-refractivity contribution in [2.45, 2.75) is 47.0 Å². The van der Waals surface area contributed by atoms with Crippen molar-refractivity contribution in [3.8, 4) is 0 Å². The van der Waals surface area contributed by atoms with Crippen molar-refractivity contribution in [1.29, 1.82) is 0 Å². The summed E-state index contributed by atoms with van der Waals surface area (Å²) in [4.78, 5) is 0.